The van der Waals surface area contributed by atoms with Gasteiger partial charge >= 0.3 is 0 Å². The van der Waals surface area contributed by atoms with Gasteiger partial charge in [-0.15, -0.1) is 0 Å². The van der Waals surface area contributed by atoms with Gasteiger partial charge in [0.15, 0.2) is 5.78 Å². The molecule has 2 rings (SSSR count). The Kier molecular flexibility index (Phi) is 5.52. The van der Waals surface area contributed by atoms with Gasteiger partial charge in [-0.25, -0.2) is 0 Å². The van der Waals surface area contributed by atoms with E-state index in [0.29, 0.717) is 10.6 Å². The molecule has 0 saturated carbocycles. The van der Waals surface area contributed by atoms with E-state index in [1.807, 2.05) is 6.07 Å². The number of nitrogens with zero attached hydrogens (tertiary/aromatic N) is 1. The highest BCUT2D eigenvalue weighted by atomic mass is 35.5. The summed E-state index contributed by atoms with van der Waals surface area (Å²) in [4.78, 5) is 22.8. The lowest BCUT2D eigenvalue weighted by Gasteiger charge is -2.13. The Balaban J connectivity index is 2.23. The van der Waals surface area contributed by atoms with Gasteiger partial charge in [0, 0.05) is 21.9 Å². The number of carbonyl (C=O) groups excluding carboxylic acids is 1. The summed E-state index contributed by atoms with van der Waals surface area (Å²) in [5.41, 5.74) is 1.09. The van der Waals surface area contributed by atoms with Crippen LogP contribution in [0.1, 0.15) is 28.3 Å². The summed E-state index contributed by atoms with van der Waals surface area (Å²) < 4.78 is 0. The molecule has 0 unspecified atom stereocenters. The van der Waals surface area contributed by atoms with Gasteiger partial charge in [0.05, 0.1) is 10.9 Å². The first kappa shape index (κ1) is 16.5. The molecule has 0 aliphatic heterocycles. The molecule has 2 aromatic carbocycles. The number of Topliss-reactive ketones (excluding diaryl/α,β-unsaturated/α-hetero) is 1. The van der Waals surface area contributed by atoms with Crippen molar-refractivity contribution in [2.45, 2.75) is 12.3 Å². The van der Waals surface area contributed by atoms with Crippen LogP contribution in [0, 0.1) is 10.1 Å². The van der Waals surface area contributed by atoms with Crippen LogP contribution in [0.4, 0.5) is 0 Å². The fourth-order valence-corrected chi connectivity index (χ4v) is 2.76. The Morgan fingerprint density at radius 1 is 1.14 bits per heavy atom. The van der Waals surface area contributed by atoms with Crippen LogP contribution in [-0.4, -0.2) is 17.3 Å². The summed E-state index contributed by atoms with van der Waals surface area (Å²) in [6, 6.07) is 13.6. The molecule has 4 nitrogen and oxygen atoms in total. The van der Waals surface area contributed by atoms with Gasteiger partial charge in [0.25, 0.3) is 0 Å². The first-order valence-corrected chi connectivity index (χ1v) is 7.38. The second-order valence-corrected chi connectivity index (χ2v) is 5.72. The third kappa shape index (κ3) is 4.29. The quantitative estimate of drug-likeness (QED) is 0.438. The zero-order valence-electron chi connectivity index (χ0n) is 11.5. The molecule has 0 fully saturated rings. The second-order valence-electron chi connectivity index (χ2n) is 4.87. The molecule has 0 radical (unpaired) electrons. The van der Waals surface area contributed by atoms with Crippen molar-refractivity contribution in [3.05, 3.63) is 79.8 Å². The summed E-state index contributed by atoms with van der Waals surface area (Å²) in [5, 5.41) is 11.6. The Bertz CT molecular complexity index is 689. The van der Waals surface area contributed by atoms with Crippen molar-refractivity contribution in [2.75, 3.05) is 6.54 Å². The minimum absolute atomic E-state index is 0.0202. The molecule has 0 N–H and O–H groups in total. The lowest BCUT2D eigenvalue weighted by molar-refractivity contribution is -0.483. The Morgan fingerprint density at radius 2 is 1.82 bits per heavy atom. The normalized spacial score (nSPS) is 11.9. The fourth-order valence-electron chi connectivity index (χ4n) is 2.24. The molecular weight excluding hydrogens is 325 g/mol. The number of benzene rings is 2. The van der Waals surface area contributed by atoms with Gasteiger partial charge in [-0.2, -0.15) is 0 Å². The molecule has 114 valence electrons. The third-order valence-corrected chi connectivity index (χ3v) is 3.85. The monoisotopic (exact) mass is 337 g/mol. The van der Waals surface area contributed by atoms with E-state index in [0.717, 1.165) is 5.56 Å². The number of carbonyl (C=O) groups is 1. The molecule has 0 heterocycles. The molecule has 0 aromatic heterocycles. The zero-order valence-corrected chi connectivity index (χ0v) is 13.1. The molecule has 0 aliphatic carbocycles. The van der Waals surface area contributed by atoms with E-state index in [1.54, 1.807) is 36.4 Å². The highest BCUT2D eigenvalue weighted by molar-refractivity contribution is 6.36. The number of hydrogen-bond donors (Lipinski definition) is 0. The topological polar surface area (TPSA) is 60.2 Å². The predicted molar refractivity (Wildman–Crippen MR) is 86.5 cm³/mol. The van der Waals surface area contributed by atoms with Crippen molar-refractivity contribution in [1.82, 2.24) is 0 Å². The molecule has 0 bridgehead atoms. The molecule has 0 saturated heterocycles. The largest absolute Gasteiger partial charge is 0.294 e. The smallest absolute Gasteiger partial charge is 0.211 e. The first-order chi connectivity index (χ1) is 10.5. The number of halogens is 2. The average molecular weight is 338 g/mol. The maximum atomic E-state index is 12.4. The van der Waals surface area contributed by atoms with Crippen molar-refractivity contribution >= 4 is 29.0 Å². The van der Waals surface area contributed by atoms with E-state index in [-0.39, 0.29) is 23.8 Å². The zero-order chi connectivity index (χ0) is 16.1. The Hall–Kier alpha value is -1.91. The van der Waals surface area contributed by atoms with Gasteiger partial charge in [0.2, 0.25) is 6.54 Å². The SMILES string of the molecule is O=C(C[C@H](C[N+](=O)[O-])c1ccccc1)c1ccc(Cl)cc1Cl. The second kappa shape index (κ2) is 7.38. The predicted octanol–water partition coefficient (Wildman–Crippen LogP) is 4.63. The van der Waals surface area contributed by atoms with Crippen LogP contribution in [-0.2, 0) is 0 Å². The van der Waals surface area contributed by atoms with E-state index < -0.39 is 10.8 Å². The summed E-state index contributed by atoms with van der Waals surface area (Å²) in [7, 11) is 0. The third-order valence-electron chi connectivity index (χ3n) is 3.30. The number of rotatable bonds is 6. The van der Waals surface area contributed by atoms with Gasteiger partial charge < -0.3 is 0 Å². The molecule has 1 atom stereocenters. The summed E-state index contributed by atoms with van der Waals surface area (Å²) >= 11 is 11.8. The van der Waals surface area contributed by atoms with E-state index in [4.69, 9.17) is 23.2 Å². The summed E-state index contributed by atoms with van der Waals surface area (Å²) in [5.74, 6) is -0.729. The van der Waals surface area contributed by atoms with Crippen LogP contribution < -0.4 is 0 Å². The maximum Gasteiger partial charge on any atom is 0.211 e. The van der Waals surface area contributed by atoms with Crippen molar-refractivity contribution in [3.8, 4) is 0 Å². The molecule has 0 spiro atoms. The minimum atomic E-state index is -0.490. The van der Waals surface area contributed by atoms with Crippen molar-refractivity contribution in [2.24, 2.45) is 0 Å². The molecule has 6 heteroatoms. The van der Waals surface area contributed by atoms with Gasteiger partial charge in [-0.05, 0) is 23.8 Å². The van der Waals surface area contributed by atoms with Crippen molar-refractivity contribution in [3.63, 3.8) is 0 Å². The van der Waals surface area contributed by atoms with E-state index in [1.165, 1.54) is 6.07 Å². The number of nitro groups is 1. The highest BCUT2D eigenvalue weighted by Crippen LogP contribution is 2.26. The molecule has 2 aromatic rings. The standard InChI is InChI=1S/C16H13Cl2NO3/c17-13-6-7-14(15(18)9-13)16(20)8-12(10-19(21)22)11-4-2-1-3-5-11/h1-7,9,12H,8,10H2/t12-/m1/s1. The average Bonchev–Trinajstić information content (AvgIpc) is 2.46. The number of ketones is 1. The van der Waals surface area contributed by atoms with Crippen LogP contribution in [0.15, 0.2) is 48.5 Å². The van der Waals surface area contributed by atoms with E-state index in [2.05, 4.69) is 0 Å². The number of hydrogen-bond acceptors (Lipinski definition) is 3. The van der Waals surface area contributed by atoms with Crippen LogP contribution in [0.5, 0.6) is 0 Å². The lowest BCUT2D eigenvalue weighted by Crippen LogP contribution is -2.16. The first-order valence-electron chi connectivity index (χ1n) is 6.62. The summed E-state index contributed by atoms with van der Waals surface area (Å²) in [6.45, 7) is -0.305. The van der Waals surface area contributed by atoms with Gasteiger partial charge in [-0.3, -0.25) is 14.9 Å². The van der Waals surface area contributed by atoms with Gasteiger partial charge in [0.1, 0.15) is 0 Å². The molecule has 0 aliphatic rings. The van der Waals surface area contributed by atoms with Crippen LogP contribution in [0.3, 0.4) is 0 Å². The highest BCUT2D eigenvalue weighted by Gasteiger charge is 2.23. The minimum Gasteiger partial charge on any atom is -0.294 e. The van der Waals surface area contributed by atoms with E-state index >= 15 is 0 Å². The van der Waals surface area contributed by atoms with Crippen molar-refractivity contribution in [1.29, 1.82) is 0 Å². The maximum absolute atomic E-state index is 12.4. The molecular formula is C16H13Cl2NO3. The van der Waals surface area contributed by atoms with Gasteiger partial charge in [-0.1, -0.05) is 53.5 Å². The van der Waals surface area contributed by atoms with Crippen LogP contribution in [0.2, 0.25) is 10.0 Å². The Morgan fingerprint density at radius 3 is 2.41 bits per heavy atom. The van der Waals surface area contributed by atoms with Crippen LogP contribution >= 0.6 is 23.2 Å². The van der Waals surface area contributed by atoms with Crippen LogP contribution in [0.25, 0.3) is 0 Å². The summed E-state index contributed by atoms with van der Waals surface area (Å²) in [6.07, 6.45) is 0.0202. The Labute approximate surface area is 137 Å². The van der Waals surface area contributed by atoms with E-state index in [9.17, 15) is 14.9 Å². The molecule has 22 heavy (non-hydrogen) atoms. The fraction of sp³-hybridized carbons (Fsp3) is 0.188. The lowest BCUT2D eigenvalue weighted by atomic mass is 9.91. The molecule has 0 amide bonds. The van der Waals surface area contributed by atoms with Crippen molar-refractivity contribution < 1.29 is 9.72 Å².